The quantitative estimate of drug-likeness (QED) is 0.821. The van der Waals surface area contributed by atoms with Crippen molar-refractivity contribution < 1.29 is 36.7 Å². The maximum absolute atomic E-state index is 12.7. The summed E-state index contributed by atoms with van der Waals surface area (Å²) >= 11 is 0. The van der Waals surface area contributed by atoms with E-state index < -0.39 is 17.6 Å². The van der Waals surface area contributed by atoms with Gasteiger partial charge in [-0.25, -0.2) is 0 Å². The van der Waals surface area contributed by atoms with Crippen LogP contribution in [-0.4, -0.2) is 43.5 Å². The fraction of sp³-hybridized carbons (Fsp3) is 0.412. The molecule has 0 spiro atoms. The maximum Gasteiger partial charge on any atom is 0.416 e. The molecular formula is C17H17F3N2O5. The van der Waals surface area contributed by atoms with Crippen molar-refractivity contribution >= 4 is 5.91 Å². The third-order valence-corrected chi connectivity index (χ3v) is 3.71. The fourth-order valence-corrected chi connectivity index (χ4v) is 2.36. The molecule has 7 nitrogen and oxygen atoms in total. The second kappa shape index (κ2) is 8.40. The molecule has 1 saturated heterocycles. The maximum atomic E-state index is 12.7. The summed E-state index contributed by atoms with van der Waals surface area (Å²) in [7, 11) is 0. The Hall–Kier alpha value is -2.59. The molecule has 10 heteroatoms. The molecule has 1 N–H and O–H groups in total. The van der Waals surface area contributed by atoms with Gasteiger partial charge in [-0.15, -0.1) is 0 Å². The van der Waals surface area contributed by atoms with Gasteiger partial charge in [0.25, 0.3) is 5.91 Å². The molecule has 3 rings (SSSR count). The number of hydrogen-bond acceptors (Lipinski definition) is 6. The van der Waals surface area contributed by atoms with Gasteiger partial charge in [0.2, 0.25) is 0 Å². The van der Waals surface area contributed by atoms with Crippen LogP contribution in [0.3, 0.4) is 0 Å². The molecule has 1 aromatic heterocycles. The Morgan fingerprint density at radius 1 is 1.30 bits per heavy atom. The minimum absolute atomic E-state index is 0.0293. The van der Waals surface area contributed by atoms with Crippen molar-refractivity contribution in [3.05, 3.63) is 47.3 Å². The van der Waals surface area contributed by atoms with E-state index in [1.807, 2.05) is 0 Å². The summed E-state index contributed by atoms with van der Waals surface area (Å²) in [5, 5.41) is 6.28. The van der Waals surface area contributed by atoms with E-state index in [4.69, 9.17) is 18.7 Å². The monoisotopic (exact) mass is 386 g/mol. The van der Waals surface area contributed by atoms with Crippen LogP contribution in [0.25, 0.3) is 0 Å². The van der Waals surface area contributed by atoms with Crippen molar-refractivity contribution in [2.24, 2.45) is 0 Å². The van der Waals surface area contributed by atoms with Crippen LogP contribution in [0.15, 0.2) is 34.9 Å². The highest BCUT2D eigenvalue weighted by molar-refractivity contribution is 5.92. The average Bonchev–Trinajstić information content (AvgIpc) is 3.14. The number of aromatic nitrogens is 1. The zero-order chi connectivity index (χ0) is 19.3. The first kappa shape index (κ1) is 19.2. The average molecular weight is 386 g/mol. The summed E-state index contributed by atoms with van der Waals surface area (Å²) in [5.74, 6) is -0.227. The zero-order valence-electron chi connectivity index (χ0n) is 14.1. The van der Waals surface area contributed by atoms with Crippen molar-refractivity contribution in [3.8, 4) is 5.75 Å². The van der Waals surface area contributed by atoms with E-state index in [0.717, 1.165) is 12.1 Å². The first-order valence-corrected chi connectivity index (χ1v) is 8.15. The van der Waals surface area contributed by atoms with E-state index in [2.05, 4.69) is 10.5 Å². The summed E-state index contributed by atoms with van der Waals surface area (Å²) in [6.07, 6.45) is -4.68. The Labute approximate surface area is 152 Å². The van der Waals surface area contributed by atoms with Gasteiger partial charge in [-0.3, -0.25) is 4.79 Å². The Bertz CT molecular complexity index is 772. The van der Waals surface area contributed by atoms with Crippen LogP contribution in [0.5, 0.6) is 5.75 Å². The van der Waals surface area contributed by atoms with Crippen LogP contribution in [0, 0.1) is 0 Å². The van der Waals surface area contributed by atoms with Crippen molar-refractivity contribution in [1.82, 2.24) is 10.5 Å². The first-order chi connectivity index (χ1) is 12.9. The Kier molecular flexibility index (Phi) is 5.97. The van der Waals surface area contributed by atoms with E-state index in [9.17, 15) is 18.0 Å². The molecule has 146 valence electrons. The molecule has 2 heterocycles. The summed E-state index contributed by atoms with van der Waals surface area (Å²) in [6, 6.07) is 5.84. The predicted molar refractivity (Wildman–Crippen MR) is 85.2 cm³/mol. The number of nitrogens with zero attached hydrogens (tertiary/aromatic N) is 1. The van der Waals surface area contributed by atoms with Crippen LogP contribution >= 0.6 is 0 Å². The number of amides is 1. The van der Waals surface area contributed by atoms with Crippen LogP contribution < -0.4 is 10.1 Å². The minimum atomic E-state index is -4.45. The molecule has 1 fully saturated rings. The Balaban J connectivity index is 1.51. The summed E-state index contributed by atoms with van der Waals surface area (Å²) in [6.45, 7) is 1.50. The number of rotatable bonds is 6. The molecule has 0 bridgehead atoms. The molecule has 27 heavy (non-hydrogen) atoms. The molecule has 0 aliphatic carbocycles. The first-order valence-electron chi connectivity index (χ1n) is 8.15. The van der Waals surface area contributed by atoms with Crippen molar-refractivity contribution in [2.75, 3.05) is 26.4 Å². The smallest absolute Gasteiger partial charge is 0.416 e. The van der Waals surface area contributed by atoms with Gasteiger partial charge in [0.15, 0.2) is 11.5 Å². The van der Waals surface area contributed by atoms with Gasteiger partial charge >= 0.3 is 6.18 Å². The minimum Gasteiger partial charge on any atom is -0.486 e. The number of ether oxygens (including phenoxy) is 3. The highest BCUT2D eigenvalue weighted by atomic mass is 19.4. The number of alkyl halides is 3. The molecule has 1 aromatic carbocycles. The molecular weight excluding hydrogens is 369 g/mol. The lowest BCUT2D eigenvalue weighted by Crippen LogP contribution is -2.39. The van der Waals surface area contributed by atoms with Gasteiger partial charge in [0.05, 0.1) is 31.5 Å². The number of hydrogen-bond donors (Lipinski definition) is 1. The number of benzene rings is 1. The third-order valence-electron chi connectivity index (χ3n) is 3.71. The third kappa shape index (κ3) is 5.44. The van der Waals surface area contributed by atoms with Gasteiger partial charge in [-0.2, -0.15) is 13.2 Å². The molecule has 1 atom stereocenters. The van der Waals surface area contributed by atoms with E-state index in [1.54, 1.807) is 0 Å². The van der Waals surface area contributed by atoms with Crippen molar-refractivity contribution in [1.29, 1.82) is 0 Å². The number of nitrogens with one attached hydrogen (secondary N) is 1. The van der Waals surface area contributed by atoms with Gasteiger partial charge < -0.3 is 24.1 Å². The van der Waals surface area contributed by atoms with Gasteiger partial charge in [-0.1, -0.05) is 11.2 Å². The highest BCUT2D eigenvalue weighted by Crippen LogP contribution is 2.31. The van der Waals surface area contributed by atoms with Gasteiger partial charge in [0.1, 0.15) is 12.4 Å². The lowest BCUT2D eigenvalue weighted by atomic mass is 10.2. The molecule has 0 saturated carbocycles. The lowest BCUT2D eigenvalue weighted by Gasteiger charge is -2.22. The second-order valence-corrected chi connectivity index (χ2v) is 5.77. The van der Waals surface area contributed by atoms with Crippen LogP contribution in [-0.2, 0) is 22.3 Å². The molecule has 0 radical (unpaired) electrons. The standard InChI is InChI=1S/C17H17F3N2O5/c18-17(19,20)11-2-1-3-12(6-11)26-10-13-7-15(22-27-13)16(23)21-8-14-9-24-4-5-25-14/h1-3,6-7,14H,4-5,8-10H2,(H,21,23). The normalized spacial score (nSPS) is 17.5. The summed E-state index contributed by atoms with van der Waals surface area (Å²) in [4.78, 5) is 12.0. The predicted octanol–water partition coefficient (Wildman–Crippen LogP) is 2.42. The molecule has 1 aliphatic rings. The second-order valence-electron chi connectivity index (χ2n) is 5.77. The number of carbonyl (C=O) groups is 1. The Morgan fingerprint density at radius 3 is 2.89 bits per heavy atom. The zero-order valence-corrected chi connectivity index (χ0v) is 14.1. The fourth-order valence-electron chi connectivity index (χ4n) is 2.36. The highest BCUT2D eigenvalue weighted by Gasteiger charge is 2.30. The summed E-state index contributed by atoms with van der Waals surface area (Å²) < 4.78 is 58.9. The van der Waals surface area contributed by atoms with E-state index in [0.29, 0.717) is 19.8 Å². The SMILES string of the molecule is O=C(NCC1COCCO1)c1cc(COc2cccc(C(F)(F)F)c2)on1. The summed E-state index contributed by atoms with van der Waals surface area (Å²) in [5.41, 5.74) is -0.777. The van der Waals surface area contributed by atoms with Crippen molar-refractivity contribution in [2.45, 2.75) is 18.9 Å². The van der Waals surface area contributed by atoms with E-state index >= 15 is 0 Å². The molecule has 2 aromatic rings. The van der Waals surface area contributed by atoms with Gasteiger partial charge in [-0.05, 0) is 18.2 Å². The lowest BCUT2D eigenvalue weighted by molar-refractivity contribution is -0.137. The molecule has 1 unspecified atom stereocenters. The Morgan fingerprint density at radius 2 is 2.15 bits per heavy atom. The molecule has 1 aliphatic heterocycles. The van der Waals surface area contributed by atoms with E-state index in [1.165, 1.54) is 18.2 Å². The molecule has 1 amide bonds. The van der Waals surface area contributed by atoms with Crippen molar-refractivity contribution in [3.63, 3.8) is 0 Å². The van der Waals surface area contributed by atoms with Crippen LogP contribution in [0.1, 0.15) is 21.8 Å². The number of halogens is 3. The largest absolute Gasteiger partial charge is 0.486 e. The van der Waals surface area contributed by atoms with Crippen LogP contribution in [0.2, 0.25) is 0 Å². The van der Waals surface area contributed by atoms with Crippen LogP contribution in [0.4, 0.5) is 13.2 Å². The topological polar surface area (TPSA) is 82.8 Å². The number of carbonyl (C=O) groups excluding carboxylic acids is 1. The van der Waals surface area contributed by atoms with Gasteiger partial charge in [0, 0.05) is 12.6 Å². The van der Waals surface area contributed by atoms with E-state index in [-0.39, 0.29) is 36.5 Å².